The zero-order valence-electron chi connectivity index (χ0n) is 2.62. The van der Waals surface area contributed by atoms with E-state index in [1.54, 1.807) is 0 Å². The average Bonchev–Trinajstić information content (AvgIpc) is 1.35. The van der Waals surface area contributed by atoms with Crippen LogP contribution in [0.4, 0.5) is 12.9 Å². The van der Waals surface area contributed by atoms with Gasteiger partial charge in [-0.3, -0.25) is 0 Å². The van der Waals surface area contributed by atoms with E-state index >= 15 is 0 Å². The van der Waals surface area contributed by atoms with Gasteiger partial charge >= 0.3 is 17.3 Å². The zero-order valence-corrected chi connectivity index (χ0v) is 3.62. The van der Waals surface area contributed by atoms with Gasteiger partial charge in [-0.25, -0.2) is 0 Å². The number of rotatable bonds is 1. The molecule has 0 amide bonds. The van der Waals surface area contributed by atoms with E-state index in [1.807, 2.05) is 10.1 Å². The van der Waals surface area contributed by atoms with Crippen LogP contribution < -0.4 is 0 Å². The highest BCUT2D eigenvalue weighted by atomic mass is 28.1. The standard InChI is InChI=1S/BF3OSi/c2-1(3,4)5-6. The van der Waals surface area contributed by atoms with Gasteiger partial charge < -0.3 is 17.0 Å². The summed E-state index contributed by atoms with van der Waals surface area (Å²) in [7, 11) is -3.26. The highest BCUT2D eigenvalue weighted by molar-refractivity contribution is 6.50. The summed E-state index contributed by atoms with van der Waals surface area (Å²) in [6.07, 6.45) is 0. The van der Waals surface area contributed by atoms with Crippen molar-refractivity contribution < 1.29 is 17.0 Å². The van der Waals surface area contributed by atoms with Crippen LogP contribution in [0.15, 0.2) is 0 Å². The van der Waals surface area contributed by atoms with Crippen molar-refractivity contribution in [2.75, 3.05) is 0 Å². The van der Waals surface area contributed by atoms with Crippen LogP contribution in [0.2, 0.25) is 0 Å². The van der Waals surface area contributed by atoms with Gasteiger partial charge in [-0.2, -0.15) is 0 Å². The van der Waals surface area contributed by atoms with Crippen molar-refractivity contribution in [3.05, 3.63) is 0 Å². The first-order chi connectivity index (χ1) is 2.56. The van der Waals surface area contributed by atoms with Crippen LogP contribution in [0.5, 0.6) is 0 Å². The van der Waals surface area contributed by atoms with E-state index in [9.17, 15) is 12.9 Å². The zero-order chi connectivity index (χ0) is 5.21. The topological polar surface area (TPSA) is 11.3 Å². The third kappa shape index (κ3) is 3.87. The molecule has 0 unspecified atom stereocenters. The van der Waals surface area contributed by atoms with E-state index in [-0.39, 0.29) is 0 Å². The molecule has 0 aliphatic heterocycles. The quantitative estimate of drug-likeness (QED) is 0.343. The fraction of sp³-hybridized carbons (Fsp3) is 0. The minimum atomic E-state index is -5.07. The van der Waals surface area contributed by atoms with Gasteiger partial charge in [0.2, 0.25) is 0 Å². The maximum Gasteiger partial charge on any atom is 0.942 e. The molecular weight excluding hydrogens is 112 g/mol. The van der Waals surface area contributed by atoms with E-state index in [4.69, 9.17) is 0 Å². The predicted octanol–water partition coefficient (Wildman–Crippen LogP) is 0.380. The maximum absolute atomic E-state index is 10.6. The Balaban J connectivity index is 3.45. The van der Waals surface area contributed by atoms with Crippen LogP contribution >= 0.6 is 0 Å². The lowest BCUT2D eigenvalue weighted by atomic mass is 10.3. The van der Waals surface area contributed by atoms with E-state index < -0.39 is 7.18 Å². The molecule has 0 spiro atoms. The monoisotopic (exact) mass is 112 g/mol. The molecule has 0 rings (SSSR count). The molecule has 0 aromatic carbocycles. The molecule has 0 aliphatic carbocycles. The van der Waals surface area contributed by atoms with Crippen molar-refractivity contribution in [3.8, 4) is 0 Å². The third-order valence-electron chi connectivity index (χ3n) is 0.134. The SMILES string of the molecule is F[B-](F)(F)[O+]=[Si]. The highest BCUT2D eigenvalue weighted by Gasteiger charge is 2.40. The van der Waals surface area contributed by atoms with Gasteiger partial charge in [-0.05, 0) is 0 Å². The highest BCUT2D eigenvalue weighted by Crippen LogP contribution is 2.02. The largest absolute Gasteiger partial charge is 0.942 e. The van der Waals surface area contributed by atoms with Crippen molar-refractivity contribution in [3.63, 3.8) is 0 Å². The summed E-state index contributed by atoms with van der Waals surface area (Å²) < 4.78 is 34.5. The summed E-state index contributed by atoms with van der Waals surface area (Å²) in [6, 6.07) is 0. The lowest BCUT2D eigenvalue weighted by Crippen LogP contribution is -2.13. The van der Waals surface area contributed by atoms with Gasteiger partial charge in [0.25, 0.3) is 0 Å². The van der Waals surface area contributed by atoms with Crippen LogP contribution in [0, 0.1) is 0 Å². The number of halogens is 3. The first-order valence-electron chi connectivity index (χ1n) is 1.09. The Labute approximate surface area is 35.4 Å². The number of hydrogen-bond acceptors (Lipinski definition) is 0. The molecule has 0 aromatic heterocycles. The Bertz CT molecular complexity index is 56.3. The van der Waals surface area contributed by atoms with Crippen molar-refractivity contribution >= 4 is 17.3 Å². The molecule has 0 saturated heterocycles. The summed E-state index contributed by atoms with van der Waals surface area (Å²) in [5.74, 6) is 0. The molecule has 6 heavy (non-hydrogen) atoms. The molecule has 6 heteroatoms. The lowest BCUT2D eigenvalue weighted by Gasteiger charge is -1.89. The lowest BCUT2D eigenvalue weighted by molar-refractivity contribution is 0.176. The Hall–Kier alpha value is -0.128. The Morgan fingerprint density at radius 2 is 1.50 bits per heavy atom. The molecule has 0 saturated carbocycles. The molecular formula is BF3OSi. The molecule has 34 valence electrons. The van der Waals surface area contributed by atoms with Gasteiger partial charge in [-0.1, -0.05) is 0 Å². The van der Waals surface area contributed by atoms with Crippen LogP contribution in [0.3, 0.4) is 0 Å². The van der Waals surface area contributed by atoms with E-state index in [0.29, 0.717) is 0 Å². The van der Waals surface area contributed by atoms with Gasteiger partial charge in [0.05, 0.1) is 0 Å². The normalized spacial score (nSPS) is 11.2. The Kier molecular flexibility index (Phi) is 1.51. The number of hydrogen-bond donors (Lipinski definition) is 0. The summed E-state index contributed by atoms with van der Waals surface area (Å²) >= 11 is 0. The molecule has 1 nitrogen and oxygen atoms in total. The average molecular weight is 112 g/mol. The predicted molar refractivity (Wildman–Crippen MR) is 15.5 cm³/mol. The van der Waals surface area contributed by atoms with Gasteiger partial charge in [0, 0.05) is 0 Å². The van der Waals surface area contributed by atoms with E-state index in [1.165, 1.54) is 0 Å². The second-order valence-electron chi connectivity index (χ2n) is 0.633. The minimum absolute atomic E-state index is 1.82. The summed E-state index contributed by atoms with van der Waals surface area (Å²) in [4.78, 5) is 0. The van der Waals surface area contributed by atoms with Crippen LogP contribution in [0.25, 0.3) is 0 Å². The third-order valence-corrected chi connectivity index (χ3v) is 0.401. The molecule has 2 radical (unpaired) electrons. The van der Waals surface area contributed by atoms with Gasteiger partial charge in [0.15, 0.2) is 0 Å². The van der Waals surface area contributed by atoms with Crippen molar-refractivity contribution in [1.29, 1.82) is 0 Å². The van der Waals surface area contributed by atoms with Crippen molar-refractivity contribution in [2.24, 2.45) is 0 Å². The molecule has 0 N–H and O–H groups in total. The molecule has 0 heterocycles. The van der Waals surface area contributed by atoms with Crippen LogP contribution in [-0.2, 0) is 4.01 Å². The van der Waals surface area contributed by atoms with Crippen molar-refractivity contribution in [2.45, 2.75) is 0 Å². The molecule has 0 aromatic rings. The molecule has 0 bridgehead atoms. The maximum atomic E-state index is 10.6. The first kappa shape index (κ1) is 5.87. The Morgan fingerprint density at radius 1 is 1.33 bits per heavy atom. The second-order valence-corrected chi connectivity index (χ2v) is 0.868. The fourth-order valence-electron chi connectivity index (χ4n) is 0. The smallest absolute Gasteiger partial charge is 0.578 e. The summed E-state index contributed by atoms with van der Waals surface area (Å²) in [5.41, 5.74) is 0. The second kappa shape index (κ2) is 1.55. The van der Waals surface area contributed by atoms with Gasteiger partial charge in [-0.15, -0.1) is 0 Å². The summed E-state index contributed by atoms with van der Waals surface area (Å²) in [5, 5.41) is 0. The summed E-state index contributed by atoms with van der Waals surface area (Å²) in [6.45, 7) is 0. The minimum Gasteiger partial charge on any atom is -0.578 e. The molecule has 0 atom stereocenters. The van der Waals surface area contributed by atoms with Gasteiger partial charge in [0.1, 0.15) is 0 Å². The molecule has 0 aliphatic rings. The fourth-order valence-corrected chi connectivity index (χ4v) is 0. The van der Waals surface area contributed by atoms with Crippen LogP contribution in [-0.4, -0.2) is 17.3 Å². The Morgan fingerprint density at radius 3 is 1.50 bits per heavy atom. The van der Waals surface area contributed by atoms with E-state index in [2.05, 4.69) is 4.01 Å². The van der Waals surface area contributed by atoms with E-state index in [0.717, 1.165) is 0 Å². The molecule has 0 fully saturated rings. The first-order valence-corrected chi connectivity index (χ1v) is 1.50. The van der Waals surface area contributed by atoms with Crippen molar-refractivity contribution in [1.82, 2.24) is 0 Å². The van der Waals surface area contributed by atoms with Crippen LogP contribution in [0.1, 0.15) is 0 Å².